The van der Waals surface area contributed by atoms with Crippen LogP contribution in [-0.2, 0) is 10.3 Å². The van der Waals surface area contributed by atoms with Gasteiger partial charge in [-0.1, -0.05) is 13.8 Å². The molecule has 2 unspecified atom stereocenters. The molecule has 1 aromatic heterocycles. The van der Waals surface area contributed by atoms with Crippen LogP contribution in [0.25, 0.3) is 0 Å². The Kier molecular flexibility index (Phi) is 3.59. The van der Waals surface area contributed by atoms with Crippen LogP contribution < -0.4 is 5.73 Å². The van der Waals surface area contributed by atoms with E-state index in [0.29, 0.717) is 31.2 Å². The number of rotatable bonds is 2. The highest BCUT2D eigenvalue weighted by molar-refractivity contribution is 5.45. The molecule has 18 heavy (non-hydrogen) atoms. The minimum Gasteiger partial charge on any atom is -0.385 e. The minimum atomic E-state index is -0.906. The normalized spacial score (nSPS) is 28.6. The van der Waals surface area contributed by atoms with Crippen LogP contribution in [0.15, 0.2) is 12.3 Å². The van der Waals surface area contributed by atoms with Crippen LogP contribution in [-0.4, -0.2) is 22.8 Å². The lowest BCUT2D eigenvalue weighted by Gasteiger charge is -2.39. The van der Waals surface area contributed by atoms with Crippen LogP contribution in [0.1, 0.15) is 37.8 Å². The average molecular weight is 250 g/mol. The highest BCUT2D eigenvalue weighted by Crippen LogP contribution is 2.38. The smallest absolute Gasteiger partial charge is 0.129 e. The van der Waals surface area contributed by atoms with Crippen molar-refractivity contribution in [3.8, 4) is 0 Å². The number of aliphatic hydroxyl groups is 1. The molecule has 0 bridgehead atoms. The Morgan fingerprint density at radius 3 is 2.94 bits per heavy atom. The van der Waals surface area contributed by atoms with Gasteiger partial charge in [0.2, 0.25) is 0 Å². The fourth-order valence-corrected chi connectivity index (χ4v) is 2.50. The van der Waals surface area contributed by atoms with Gasteiger partial charge in [-0.05, 0) is 24.5 Å². The molecule has 4 heteroatoms. The third-order valence-corrected chi connectivity index (χ3v) is 3.69. The van der Waals surface area contributed by atoms with Gasteiger partial charge in [-0.2, -0.15) is 0 Å². The maximum Gasteiger partial charge on any atom is 0.129 e. The molecule has 2 atom stereocenters. The molecule has 2 heterocycles. The number of anilines is 1. The number of hydrogen-bond acceptors (Lipinski definition) is 4. The molecule has 0 spiro atoms. The van der Waals surface area contributed by atoms with Gasteiger partial charge in [-0.3, -0.25) is 0 Å². The summed E-state index contributed by atoms with van der Waals surface area (Å²) in [4.78, 5) is 4.15. The molecule has 1 saturated heterocycles. The number of pyridine rings is 1. The average Bonchev–Trinajstić information content (AvgIpc) is 2.32. The van der Waals surface area contributed by atoms with Gasteiger partial charge in [-0.15, -0.1) is 0 Å². The van der Waals surface area contributed by atoms with Gasteiger partial charge >= 0.3 is 0 Å². The summed E-state index contributed by atoms with van der Waals surface area (Å²) in [6, 6.07) is 1.94. The second-order valence-corrected chi connectivity index (χ2v) is 5.58. The number of ether oxygens (including phenoxy) is 1. The van der Waals surface area contributed by atoms with Gasteiger partial charge in [0.25, 0.3) is 0 Å². The van der Waals surface area contributed by atoms with Gasteiger partial charge in [0.05, 0.1) is 18.3 Å². The lowest BCUT2D eigenvalue weighted by Crippen LogP contribution is -2.41. The van der Waals surface area contributed by atoms with E-state index in [-0.39, 0.29) is 6.10 Å². The van der Waals surface area contributed by atoms with Gasteiger partial charge in [0, 0.05) is 24.6 Å². The summed E-state index contributed by atoms with van der Waals surface area (Å²) in [6.07, 6.45) is 2.95. The summed E-state index contributed by atoms with van der Waals surface area (Å²) in [5, 5.41) is 10.9. The van der Waals surface area contributed by atoms with E-state index < -0.39 is 5.60 Å². The standard InChI is InChI=1S/C14H22N2O2/c1-9(2)12-7-14(17,4-5-18-12)11-6-10(3)8-16-13(11)15/h6,8-9,12,17H,4-5,7H2,1-3H3,(H2,15,16). The van der Waals surface area contributed by atoms with Gasteiger partial charge in [-0.25, -0.2) is 4.98 Å². The van der Waals surface area contributed by atoms with Crippen molar-refractivity contribution in [3.63, 3.8) is 0 Å². The monoisotopic (exact) mass is 250 g/mol. The zero-order chi connectivity index (χ0) is 13.3. The Morgan fingerprint density at radius 1 is 1.56 bits per heavy atom. The summed E-state index contributed by atoms with van der Waals surface area (Å²) in [6.45, 7) is 6.73. The maximum absolute atomic E-state index is 10.9. The Hall–Kier alpha value is -1.13. The molecule has 0 aromatic carbocycles. The topological polar surface area (TPSA) is 68.4 Å². The van der Waals surface area contributed by atoms with Crippen molar-refractivity contribution in [2.45, 2.75) is 45.3 Å². The van der Waals surface area contributed by atoms with E-state index in [0.717, 1.165) is 11.1 Å². The van der Waals surface area contributed by atoms with Gasteiger partial charge in [0.15, 0.2) is 0 Å². The van der Waals surface area contributed by atoms with Crippen LogP contribution in [0.2, 0.25) is 0 Å². The lowest BCUT2D eigenvalue weighted by atomic mass is 9.81. The fourth-order valence-electron chi connectivity index (χ4n) is 2.50. The first-order chi connectivity index (χ1) is 8.42. The molecular formula is C14H22N2O2. The zero-order valence-corrected chi connectivity index (χ0v) is 11.3. The molecule has 1 aliphatic heterocycles. The van der Waals surface area contributed by atoms with Crippen molar-refractivity contribution in [1.29, 1.82) is 0 Å². The predicted octanol–water partition coefficient (Wildman–Crippen LogP) is 1.99. The third kappa shape index (κ3) is 2.49. The Morgan fingerprint density at radius 2 is 2.28 bits per heavy atom. The molecule has 1 fully saturated rings. The first-order valence-corrected chi connectivity index (χ1v) is 6.49. The fraction of sp³-hybridized carbons (Fsp3) is 0.643. The molecule has 3 N–H and O–H groups in total. The van der Waals surface area contributed by atoms with E-state index in [1.54, 1.807) is 6.20 Å². The molecule has 100 valence electrons. The van der Waals surface area contributed by atoms with Crippen LogP contribution in [0.5, 0.6) is 0 Å². The Labute approximate surface area is 108 Å². The first-order valence-electron chi connectivity index (χ1n) is 6.49. The molecule has 4 nitrogen and oxygen atoms in total. The number of nitrogens with two attached hydrogens (primary N) is 1. The molecule has 0 aliphatic carbocycles. The molecular weight excluding hydrogens is 228 g/mol. The van der Waals surface area contributed by atoms with Crippen molar-refractivity contribution in [3.05, 3.63) is 23.4 Å². The van der Waals surface area contributed by atoms with E-state index in [4.69, 9.17) is 10.5 Å². The predicted molar refractivity (Wildman–Crippen MR) is 71.1 cm³/mol. The Balaban J connectivity index is 2.32. The lowest BCUT2D eigenvalue weighted by molar-refractivity contribution is -0.121. The molecule has 1 aromatic rings. The maximum atomic E-state index is 10.9. The van der Waals surface area contributed by atoms with Crippen molar-refractivity contribution in [1.82, 2.24) is 4.98 Å². The van der Waals surface area contributed by atoms with E-state index in [9.17, 15) is 5.11 Å². The SMILES string of the molecule is Cc1cnc(N)c(C2(O)CCOC(C(C)C)C2)c1. The summed E-state index contributed by atoms with van der Waals surface area (Å²) in [5.74, 6) is 0.809. The van der Waals surface area contributed by atoms with Crippen LogP contribution in [0.3, 0.4) is 0 Å². The summed E-state index contributed by atoms with van der Waals surface area (Å²) in [7, 11) is 0. The number of hydrogen-bond donors (Lipinski definition) is 2. The van der Waals surface area contributed by atoms with Gasteiger partial charge in [0.1, 0.15) is 5.82 Å². The quantitative estimate of drug-likeness (QED) is 0.842. The van der Waals surface area contributed by atoms with Crippen LogP contribution >= 0.6 is 0 Å². The van der Waals surface area contributed by atoms with Crippen molar-refractivity contribution in [2.75, 3.05) is 12.3 Å². The zero-order valence-electron chi connectivity index (χ0n) is 11.3. The summed E-state index contributed by atoms with van der Waals surface area (Å²) in [5.41, 5.74) is 6.77. The van der Waals surface area contributed by atoms with Crippen LogP contribution in [0.4, 0.5) is 5.82 Å². The second kappa shape index (κ2) is 4.86. The second-order valence-electron chi connectivity index (χ2n) is 5.58. The highest BCUT2D eigenvalue weighted by Gasteiger charge is 2.39. The Bertz CT molecular complexity index is 434. The number of aryl methyl sites for hydroxylation is 1. The third-order valence-electron chi connectivity index (χ3n) is 3.69. The number of aromatic nitrogens is 1. The summed E-state index contributed by atoms with van der Waals surface area (Å²) < 4.78 is 5.71. The molecule has 0 radical (unpaired) electrons. The van der Waals surface area contributed by atoms with Gasteiger partial charge < -0.3 is 15.6 Å². The molecule has 1 aliphatic rings. The molecule has 0 saturated carbocycles. The van der Waals surface area contributed by atoms with E-state index in [1.807, 2.05) is 13.0 Å². The van der Waals surface area contributed by atoms with Crippen molar-refractivity contribution < 1.29 is 9.84 Å². The van der Waals surface area contributed by atoms with Crippen molar-refractivity contribution in [2.24, 2.45) is 5.92 Å². The number of nitrogens with zero attached hydrogens (tertiary/aromatic N) is 1. The number of nitrogen functional groups attached to an aromatic ring is 1. The van der Waals surface area contributed by atoms with Crippen LogP contribution in [0, 0.1) is 12.8 Å². The largest absolute Gasteiger partial charge is 0.385 e. The van der Waals surface area contributed by atoms with E-state index in [1.165, 1.54) is 0 Å². The first kappa shape index (κ1) is 13.3. The van der Waals surface area contributed by atoms with Crippen molar-refractivity contribution >= 4 is 5.82 Å². The molecule has 0 amide bonds. The van der Waals surface area contributed by atoms with E-state index >= 15 is 0 Å². The highest BCUT2D eigenvalue weighted by atomic mass is 16.5. The minimum absolute atomic E-state index is 0.0728. The molecule has 2 rings (SSSR count). The summed E-state index contributed by atoms with van der Waals surface area (Å²) >= 11 is 0. The van der Waals surface area contributed by atoms with E-state index in [2.05, 4.69) is 18.8 Å².